The Bertz CT molecular complexity index is 760. The number of anilines is 1. The molecule has 2 aromatic rings. The number of aryl methyl sites for hydroxylation is 1. The lowest BCUT2D eigenvalue weighted by atomic mass is 10.0. The standard InChI is InChI=1S/C19H25N3O3/c1-12-10-16(24-5)17(25-6)11-15(12)13(2)21-19(23)14-8-7-9-20-18(14)22(3)4/h7-11,13H,1-6H3,(H,21,23). The van der Waals surface area contributed by atoms with E-state index in [9.17, 15) is 4.79 Å². The van der Waals surface area contributed by atoms with Crippen molar-refractivity contribution in [3.05, 3.63) is 47.2 Å². The van der Waals surface area contributed by atoms with Crippen LogP contribution >= 0.6 is 0 Å². The molecule has 1 heterocycles. The summed E-state index contributed by atoms with van der Waals surface area (Å²) in [6, 6.07) is 7.14. The monoisotopic (exact) mass is 343 g/mol. The molecule has 6 heteroatoms. The molecule has 0 spiro atoms. The van der Waals surface area contributed by atoms with Crippen LogP contribution in [0.25, 0.3) is 0 Å². The van der Waals surface area contributed by atoms with Gasteiger partial charge in [0.05, 0.1) is 25.8 Å². The lowest BCUT2D eigenvalue weighted by Gasteiger charge is -2.21. The number of carbonyl (C=O) groups is 1. The first-order valence-corrected chi connectivity index (χ1v) is 8.04. The van der Waals surface area contributed by atoms with Gasteiger partial charge in [-0.05, 0) is 49.2 Å². The first-order valence-electron chi connectivity index (χ1n) is 8.04. The predicted octanol–water partition coefficient (Wildman–Crippen LogP) is 2.96. The molecule has 1 amide bonds. The fraction of sp³-hybridized carbons (Fsp3) is 0.368. The number of rotatable bonds is 6. The van der Waals surface area contributed by atoms with Crippen LogP contribution in [0.2, 0.25) is 0 Å². The van der Waals surface area contributed by atoms with Gasteiger partial charge in [0.2, 0.25) is 0 Å². The molecular weight excluding hydrogens is 318 g/mol. The van der Waals surface area contributed by atoms with Gasteiger partial charge >= 0.3 is 0 Å². The summed E-state index contributed by atoms with van der Waals surface area (Å²) in [6.07, 6.45) is 1.67. The normalized spacial score (nSPS) is 11.6. The van der Waals surface area contributed by atoms with Crippen LogP contribution < -0.4 is 19.7 Å². The van der Waals surface area contributed by atoms with Crippen LogP contribution in [0.5, 0.6) is 11.5 Å². The number of methoxy groups -OCH3 is 2. The van der Waals surface area contributed by atoms with Gasteiger partial charge in [0.25, 0.3) is 5.91 Å². The smallest absolute Gasteiger partial charge is 0.255 e. The average molecular weight is 343 g/mol. The van der Waals surface area contributed by atoms with Crippen molar-refractivity contribution in [2.75, 3.05) is 33.2 Å². The van der Waals surface area contributed by atoms with Crippen LogP contribution in [0.1, 0.15) is 34.5 Å². The van der Waals surface area contributed by atoms with Crippen molar-refractivity contribution < 1.29 is 14.3 Å². The number of benzene rings is 1. The Hall–Kier alpha value is -2.76. The van der Waals surface area contributed by atoms with Crippen molar-refractivity contribution >= 4 is 11.7 Å². The number of hydrogen-bond donors (Lipinski definition) is 1. The molecule has 0 saturated carbocycles. The summed E-state index contributed by atoms with van der Waals surface area (Å²) in [5.41, 5.74) is 2.53. The predicted molar refractivity (Wildman–Crippen MR) is 98.7 cm³/mol. The highest BCUT2D eigenvalue weighted by Crippen LogP contribution is 2.33. The molecule has 0 bridgehead atoms. The highest BCUT2D eigenvalue weighted by atomic mass is 16.5. The summed E-state index contributed by atoms with van der Waals surface area (Å²) in [5.74, 6) is 1.78. The SMILES string of the molecule is COc1cc(C)c(C(C)NC(=O)c2cccnc2N(C)C)cc1OC. The Balaban J connectivity index is 2.28. The van der Waals surface area contributed by atoms with Gasteiger partial charge in [-0.1, -0.05) is 0 Å². The maximum absolute atomic E-state index is 12.7. The number of nitrogens with zero attached hydrogens (tertiary/aromatic N) is 2. The molecule has 25 heavy (non-hydrogen) atoms. The summed E-state index contributed by atoms with van der Waals surface area (Å²) in [7, 11) is 6.93. The molecule has 1 unspecified atom stereocenters. The Morgan fingerprint density at radius 2 is 1.84 bits per heavy atom. The van der Waals surface area contributed by atoms with Crippen molar-refractivity contribution in [3.8, 4) is 11.5 Å². The van der Waals surface area contributed by atoms with Crippen molar-refractivity contribution in [3.63, 3.8) is 0 Å². The summed E-state index contributed by atoms with van der Waals surface area (Å²) in [6.45, 7) is 3.92. The molecule has 0 aliphatic heterocycles. The first kappa shape index (κ1) is 18.6. The third-order valence-electron chi connectivity index (χ3n) is 4.04. The molecule has 0 saturated heterocycles. The minimum atomic E-state index is -0.192. The van der Waals surface area contributed by atoms with E-state index in [2.05, 4.69) is 10.3 Å². The van der Waals surface area contributed by atoms with E-state index >= 15 is 0 Å². The third kappa shape index (κ3) is 4.02. The molecule has 1 aromatic carbocycles. The fourth-order valence-electron chi connectivity index (χ4n) is 2.75. The fourth-order valence-corrected chi connectivity index (χ4v) is 2.75. The van der Waals surface area contributed by atoms with Crippen molar-refractivity contribution in [2.45, 2.75) is 19.9 Å². The van der Waals surface area contributed by atoms with Gasteiger partial charge in [-0.25, -0.2) is 4.98 Å². The van der Waals surface area contributed by atoms with Gasteiger partial charge < -0.3 is 19.7 Å². The summed E-state index contributed by atoms with van der Waals surface area (Å²) in [5, 5.41) is 3.04. The van der Waals surface area contributed by atoms with E-state index in [-0.39, 0.29) is 11.9 Å². The van der Waals surface area contributed by atoms with Crippen LogP contribution in [0.4, 0.5) is 5.82 Å². The average Bonchev–Trinajstić information content (AvgIpc) is 2.61. The van der Waals surface area contributed by atoms with E-state index in [0.717, 1.165) is 11.1 Å². The Labute approximate surface area is 148 Å². The van der Waals surface area contributed by atoms with Crippen molar-refractivity contribution in [1.82, 2.24) is 10.3 Å². The maximum Gasteiger partial charge on any atom is 0.255 e. The number of hydrogen-bond acceptors (Lipinski definition) is 5. The molecule has 0 aliphatic carbocycles. The van der Waals surface area contributed by atoms with Crippen LogP contribution in [-0.4, -0.2) is 39.2 Å². The van der Waals surface area contributed by atoms with Gasteiger partial charge in [-0.2, -0.15) is 0 Å². The van der Waals surface area contributed by atoms with Crippen LogP contribution in [0.3, 0.4) is 0 Å². The molecule has 134 valence electrons. The second-order valence-electron chi connectivity index (χ2n) is 6.03. The molecule has 0 fully saturated rings. The van der Waals surface area contributed by atoms with Crippen molar-refractivity contribution in [1.29, 1.82) is 0 Å². The van der Waals surface area contributed by atoms with E-state index < -0.39 is 0 Å². The van der Waals surface area contributed by atoms with E-state index in [0.29, 0.717) is 22.9 Å². The molecular formula is C19H25N3O3. The summed E-state index contributed by atoms with van der Waals surface area (Å²) in [4.78, 5) is 18.8. The highest BCUT2D eigenvalue weighted by molar-refractivity contribution is 5.99. The molecule has 1 N–H and O–H groups in total. The van der Waals surface area contributed by atoms with E-state index in [1.807, 2.05) is 45.0 Å². The zero-order valence-electron chi connectivity index (χ0n) is 15.6. The van der Waals surface area contributed by atoms with Crippen molar-refractivity contribution in [2.24, 2.45) is 0 Å². The zero-order valence-corrected chi connectivity index (χ0v) is 15.6. The minimum absolute atomic E-state index is 0.168. The quantitative estimate of drug-likeness (QED) is 0.874. The van der Waals surface area contributed by atoms with Crippen LogP contribution in [-0.2, 0) is 0 Å². The van der Waals surface area contributed by atoms with E-state index in [4.69, 9.17) is 9.47 Å². The highest BCUT2D eigenvalue weighted by Gasteiger charge is 2.19. The minimum Gasteiger partial charge on any atom is -0.493 e. The molecule has 1 atom stereocenters. The number of aromatic nitrogens is 1. The molecule has 2 rings (SSSR count). The zero-order chi connectivity index (χ0) is 18.6. The van der Waals surface area contributed by atoms with E-state index in [1.165, 1.54) is 0 Å². The molecule has 6 nitrogen and oxygen atoms in total. The molecule has 0 radical (unpaired) electrons. The number of carbonyl (C=O) groups excluding carboxylic acids is 1. The van der Waals surface area contributed by atoms with Gasteiger partial charge in [-0.3, -0.25) is 4.79 Å². The van der Waals surface area contributed by atoms with Gasteiger partial charge in [0, 0.05) is 20.3 Å². The van der Waals surface area contributed by atoms with Crippen LogP contribution in [0.15, 0.2) is 30.5 Å². The number of pyridine rings is 1. The first-order chi connectivity index (χ1) is 11.9. The third-order valence-corrected chi connectivity index (χ3v) is 4.04. The second-order valence-corrected chi connectivity index (χ2v) is 6.03. The number of ether oxygens (including phenoxy) is 2. The second kappa shape index (κ2) is 7.88. The number of nitrogens with one attached hydrogen (secondary N) is 1. The summed E-state index contributed by atoms with van der Waals surface area (Å²) >= 11 is 0. The van der Waals surface area contributed by atoms with Gasteiger partial charge in [0.1, 0.15) is 5.82 Å². The molecule has 0 aliphatic rings. The number of amides is 1. The lowest BCUT2D eigenvalue weighted by Crippen LogP contribution is -2.29. The Kier molecular flexibility index (Phi) is 5.85. The van der Waals surface area contributed by atoms with Gasteiger partial charge in [0.15, 0.2) is 11.5 Å². The summed E-state index contributed by atoms with van der Waals surface area (Å²) < 4.78 is 10.7. The Morgan fingerprint density at radius 3 is 2.44 bits per heavy atom. The maximum atomic E-state index is 12.7. The lowest BCUT2D eigenvalue weighted by molar-refractivity contribution is 0.0940. The largest absolute Gasteiger partial charge is 0.493 e. The van der Waals surface area contributed by atoms with E-state index in [1.54, 1.807) is 32.5 Å². The Morgan fingerprint density at radius 1 is 1.20 bits per heavy atom. The van der Waals surface area contributed by atoms with Gasteiger partial charge in [-0.15, -0.1) is 0 Å². The molecule has 1 aromatic heterocycles. The van der Waals surface area contributed by atoms with Crippen LogP contribution in [0, 0.1) is 6.92 Å². The topological polar surface area (TPSA) is 63.7 Å².